The molecule has 4 rings (SSSR count). The predicted molar refractivity (Wildman–Crippen MR) is 77.3 cm³/mol. The number of benzene rings is 2. The Kier molecular flexibility index (Phi) is 2.64. The van der Waals surface area contributed by atoms with Crippen molar-refractivity contribution in [2.45, 2.75) is 18.0 Å². The summed E-state index contributed by atoms with van der Waals surface area (Å²) >= 11 is 0. The molecule has 1 saturated heterocycles. The minimum Gasteiger partial charge on any atom is -0.310 e. The summed E-state index contributed by atoms with van der Waals surface area (Å²) in [5.74, 6) is 0.468. The zero-order chi connectivity index (χ0) is 12.7. The van der Waals surface area contributed by atoms with Gasteiger partial charge in [0.2, 0.25) is 0 Å². The molecular weight excluding hydrogens is 232 g/mol. The highest BCUT2D eigenvalue weighted by Gasteiger charge is 2.41. The standard InChI is InChI=1S/C17H18N2/c1-2-6-12(7-3-1)15-13-8-4-5-9-14(13)16-17(15)19-11-10-18-16/h1-9,15-19H,10-11H2/t15-,16+,17+/m1/s1. The molecule has 1 aliphatic heterocycles. The third kappa shape index (κ3) is 1.71. The number of rotatable bonds is 1. The van der Waals surface area contributed by atoms with Gasteiger partial charge in [-0.05, 0) is 16.7 Å². The van der Waals surface area contributed by atoms with E-state index in [4.69, 9.17) is 0 Å². The van der Waals surface area contributed by atoms with E-state index in [0.29, 0.717) is 18.0 Å². The molecule has 0 aromatic heterocycles. The smallest absolute Gasteiger partial charge is 0.0488 e. The maximum Gasteiger partial charge on any atom is 0.0488 e. The fraction of sp³-hybridized carbons (Fsp3) is 0.294. The van der Waals surface area contributed by atoms with Gasteiger partial charge in [-0.2, -0.15) is 0 Å². The average Bonchev–Trinajstić information content (AvgIpc) is 2.83. The van der Waals surface area contributed by atoms with Gasteiger partial charge in [0, 0.05) is 31.1 Å². The lowest BCUT2D eigenvalue weighted by Crippen LogP contribution is -2.50. The monoisotopic (exact) mass is 250 g/mol. The van der Waals surface area contributed by atoms with Crippen LogP contribution in [0.3, 0.4) is 0 Å². The second-order valence-electron chi connectivity index (χ2n) is 5.43. The molecule has 0 unspecified atom stereocenters. The molecule has 2 N–H and O–H groups in total. The molecule has 0 saturated carbocycles. The molecule has 1 heterocycles. The second-order valence-corrected chi connectivity index (χ2v) is 5.43. The molecule has 0 amide bonds. The van der Waals surface area contributed by atoms with E-state index >= 15 is 0 Å². The highest BCUT2D eigenvalue weighted by Crippen LogP contribution is 2.44. The fourth-order valence-electron chi connectivity index (χ4n) is 3.64. The van der Waals surface area contributed by atoms with Gasteiger partial charge in [-0.3, -0.25) is 0 Å². The van der Waals surface area contributed by atoms with Gasteiger partial charge in [0.25, 0.3) is 0 Å². The SMILES string of the molecule is c1ccc([C@@H]2c3ccccc3[C@@H]3NCCN[C@@H]23)cc1. The normalized spacial score (nSPS) is 28.7. The Morgan fingerprint density at radius 3 is 2.26 bits per heavy atom. The lowest BCUT2D eigenvalue weighted by Gasteiger charge is -2.32. The van der Waals surface area contributed by atoms with Crippen molar-refractivity contribution in [2.24, 2.45) is 0 Å². The van der Waals surface area contributed by atoms with Crippen molar-refractivity contribution in [1.82, 2.24) is 10.6 Å². The Hall–Kier alpha value is -1.64. The van der Waals surface area contributed by atoms with Gasteiger partial charge < -0.3 is 10.6 Å². The van der Waals surface area contributed by atoms with E-state index in [1.165, 1.54) is 16.7 Å². The van der Waals surface area contributed by atoms with E-state index in [1.807, 2.05) is 0 Å². The van der Waals surface area contributed by atoms with Crippen molar-refractivity contribution in [2.75, 3.05) is 13.1 Å². The molecular formula is C17H18N2. The van der Waals surface area contributed by atoms with Crippen LogP contribution in [0.4, 0.5) is 0 Å². The summed E-state index contributed by atoms with van der Waals surface area (Å²) in [7, 11) is 0. The zero-order valence-electron chi connectivity index (χ0n) is 10.8. The first kappa shape index (κ1) is 11.2. The Morgan fingerprint density at radius 2 is 1.42 bits per heavy atom. The van der Waals surface area contributed by atoms with Crippen LogP contribution in [0.15, 0.2) is 54.6 Å². The van der Waals surface area contributed by atoms with Crippen LogP contribution >= 0.6 is 0 Å². The van der Waals surface area contributed by atoms with Gasteiger partial charge in [0.15, 0.2) is 0 Å². The van der Waals surface area contributed by atoms with Crippen LogP contribution in [0.1, 0.15) is 28.7 Å². The third-order valence-electron chi connectivity index (χ3n) is 4.41. The van der Waals surface area contributed by atoms with E-state index in [9.17, 15) is 0 Å². The topological polar surface area (TPSA) is 24.1 Å². The first-order chi connectivity index (χ1) is 9.45. The van der Waals surface area contributed by atoms with E-state index in [2.05, 4.69) is 65.2 Å². The second kappa shape index (κ2) is 4.48. The summed E-state index contributed by atoms with van der Waals surface area (Å²) in [4.78, 5) is 0. The minimum absolute atomic E-state index is 0.454. The summed E-state index contributed by atoms with van der Waals surface area (Å²) in [5, 5.41) is 7.39. The van der Waals surface area contributed by atoms with E-state index in [0.717, 1.165) is 13.1 Å². The average molecular weight is 250 g/mol. The van der Waals surface area contributed by atoms with Crippen LogP contribution in [-0.2, 0) is 0 Å². The summed E-state index contributed by atoms with van der Waals surface area (Å²) in [6, 6.07) is 20.7. The largest absolute Gasteiger partial charge is 0.310 e. The van der Waals surface area contributed by atoms with E-state index in [1.54, 1.807) is 0 Å². The first-order valence-electron chi connectivity index (χ1n) is 7.06. The zero-order valence-corrected chi connectivity index (χ0v) is 10.8. The van der Waals surface area contributed by atoms with Crippen LogP contribution in [-0.4, -0.2) is 19.1 Å². The Bertz CT molecular complexity index is 579. The molecule has 3 atom stereocenters. The molecule has 2 aliphatic rings. The highest BCUT2D eigenvalue weighted by atomic mass is 15.1. The number of hydrogen-bond donors (Lipinski definition) is 2. The van der Waals surface area contributed by atoms with Crippen LogP contribution in [0.25, 0.3) is 0 Å². The lowest BCUT2D eigenvalue weighted by molar-refractivity contribution is 0.330. The molecule has 1 aliphatic carbocycles. The van der Waals surface area contributed by atoms with Gasteiger partial charge in [-0.15, -0.1) is 0 Å². The van der Waals surface area contributed by atoms with Crippen LogP contribution in [0, 0.1) is 0 Å². The van der Waals surface area contributed by atoms with Crippen molar-refractivity contribution in [3.05, 3.63) is 71.3 Å². The van der Waals surface area contributed by atoms with Gasteiger partial charge in [0.05, 0.1) is 0 Å². The number of piperazine rings is 1. The van der Waals surface area contributed by atoms with Gasteiger partial charge in [-0.1, -0.05) is 54.6 Å². The molecule has 96 valence electrons. The summed E-state index contributed by atoms with van der Waals surface area (Å²) in [6.07, 6.45) is 0. The van der Waals surface area contributed by atoms with Crippen molar-refractivity contribution >= 4 is 0 Å². The number of hydrogen-bond acceptors (Lipinski definition) is 2. The van der Waals surface area contributed by atoms with Crippen LogP contribution in [0.2, 0.25) is 0 Å². The third-order valence-corrected chi connectivity index (χ3v) is 4.41. The van der Waals surface area contributed by atoms with E-state index in [-0.39, 0.29) is 0 Å². The first-order valence-corrected chi connectivity index (χ1v) is 7.06. The molecule has 2 nitrogen and oxygen atoms in total. The van der Waals surface area contributed by atoms with Crippen molar-refractivity contribution in [1.29, 1.82) is 0 Å². The lowest BCUT2D eigenvalue weighted by atomic mass is 9.89. The summed E-state index contributed by atoms with van der Waals surface area (Å²) in [6.45, 7) is 2.11. The summed E-state index contributed by atoms with van der Waals surface area (Å²) in [5.41, 5.74) is 4.36. The molecule has 2 aromatic rings. The molecule has 2 heteroatoms. The van der Waals surface area contributed by atoms with Crippen LogP contribution in [0.5, 0.6) is 0 Å². The van der Waals surface area contributed by atoms with E-state index < -0.39 is 0 Å². The maximum absolute atomic E-state index is 3.71. The van der Waals surface area contributed by atoms with Gasteiger partial charge in [-0.25, -0.2) is 0 Å². The van der Waals surface area contributed by atoms with Gasteiger partial charge >= 0.3 is 0 Å². The number of nitrogens with one attached hydrogen (secondary N) is 2. The quantitative estimate of drug-likeness (QED) is 0.812. The molecule has 2 aromatic carbocycles. The fourth-order valence-corrected chi connectivity index (χ4v) is 3.64. The molecule has 0 radical (unpaired) electrons. The Balaban J connectivity index is 1.85. The van der Waals surface area contributed by atoms with Crippen molar-refractivity contribution < 1.29 is 0 Å². The van der Waals surface area contributed by atoms with Crippen LogP contribution < -0.4 is 10.6 Å². The molecule has 0 bridgehead atoms. The molecule has 19 heavy (non-hydrogen) atoms. The maximum atomic E-state index is 3.71. The Labute approximate surface area is 113 Å². The highest BCUT2D eigenvalue weighted by molar-refractivity contribution is 5.47. The minimum atomic E-state index is 0.454. The molecule has 0 spiro atoms. The van der Waals surface area contributed by atoms with Gasteiger partial charge in [0.1, 0.15) is 0 Å². The number of fused-ring (bicyclic) bond motifs is 3. The molecule has 1 fully saturated rings. The predicted octanol–water partition coefficient (Wildman–Crippen LogP) is 2.43. The summed E-state index contributed by atoms with van der Waals surface area (Å²) < 4.78 is 0. The van der Waals surface area contributed by atoms with Crippen molar-refractivity contribution in [3.63, 3.8) is 0 Å². The van der Waals surface area contributed by atoms with Crippen molar-refractivity contribution in [3.8, 4) is 0 Å². The Morgan fingerprint density at radius 1 is 0.737 bits per heavy atom.